The third-order valence-electron chi connectivity index (χ3n) is 2.42. The second-order valence-corrected chi connectivity index (χ2v) is 4.23. The molecule has 0 spiro atoms. The summed E-state index contributed by atoms with van der Waals surface area (Å²) in [6.45, 7) is 0. The second kappa shape index (κ2) is 2.72. The minimum Gasteiger partial charge on any atom is -0.508 e. The van der Waals surface area contributed by atoms with E-state index in [1.807, 2.05) is 12.1 Å². The molecule has 14 heavy (non-hydrogen) atoms. The number of hydrogen-bond donors (Lipinski definition) is 1. The zero-order chi connectivity index (χ0) is 9.54. The van der Waals surface area contributed by atoms with Gasteiger partial charge in [0, 0.05) is 10.1 Å². The van der Waals surface area contributed by atoms with E-state index in [1.165, 1.54) is 15.5 Å². The first kappa shape index (κ1) is 7.83. The van der Waals surface area contributed by atoms with Gasteiger partial charge in [-0.1, -0.05) is 18.2 Å². The molecule has 3 aromatic rings. The summed E-state index contributed by atoms with van der Waals surface area (Å²) in [5.41, 5.74) is 0. The number of phenolic OH excluding ortho intramolecular Hbond substituents is 1. The number of aromatic hydroxyl groups is 1. The van der Waals surface area contributed by atoms with Crippen LogP contribution in [0.1, 0.15) is 0 Å². The van der Waals surface area contributed by atoms with Crippen molar-refractivity contribution < 1.29 is 5.11 Å². The Bertz CT molecular complexity index is 610. The van der Waals surface area contributed by atoms with E-state index in [0.717, 1.165) is 5.39 Å². The molecule has 0 bridgehead atoms. The van der Waals surface area contributed by atoms with Crippen LogP contribution in [0.5, 0.6) is 5.75 Å². The number of fused-ring (bicyclic) bond motifs is 3. The van der Waals surface area contributed by atoms with Gasteiger partial charge in [-0.2, -0.15) is 0 Å². The molecule has 1 N–H and O–H groups in total. The van der Waals surface area contributed by atoms with E-state index < -0.39 is 0 Å². The first-order chi connectivity index (χ1) is 6.84. The second-order valence-electron chi connectivity index (χ2n) is 3.31. The van der Waals surface area contributed by atoms with Crippen LogP contribution in [0.4, 0.5) is 0 Å². The number of thiophene rings is 1. The molecule has 1 nitrogen and oxygen atoms in total. The van der Waals surface area contributed by atoms with Gasteiger partial charge in [0.25, 0.3) is 0 Å². The maximum absolute atomic E-state index is 9.43. The number of rotatable bonds is 0. The highest BCUT2D eigenvalue weighted by molar-refractivity contribution is 7.18. The normalized spacial score (nSPS) is 11.1. The maximum Gasteiger partial charge on any atom is 0.116 e. The largest absolute Gasteiger partial charge is 0.508 e. The van der Waals surface area contributed by atoms with Gasteiger partial charge >= 0.3 is 0 Å². The van der Waals surface area contributed by atoms with Gasteiger partial charge in [0.05, 0.1) is 0 Å². The van der Waals surface area contributed by atoms with Crippen LogP contribution in [0.25, 0.3) is 20.9 Å². The van der Waals surface area contributed by atoms with E-state index in [1.54, 1.807) is 17.4 Å². The van der Waals surface area contributed by atoms with Gasteiger partial charge in [0.15, 0.2) is 0 Å². The minimum absolute atomic E-state index is 0.332. The lowest BCUT2D eigenvalue weighted by atomic mass is 10.1. The lowest BCUT2D eigenvalue weighted by Crippen LogP contribution is -1.72. The summed E-state index contributed by atoms with van der Waals surface area (Å²) in [4.78, 5) is 0. The molecule has 1 heterocycles. The SMILES string of the molecule is Oc1ccc2ccc3ccsc3c2c1. The highest BCUT2D eigenvalue weighted by Gasteiger charge is 2.01. The Hall–Kier alpha value is -1.54. The summed E-state index contributed by atoms with van der Waals surface area (Å²) in [6, 6.07) is 11.8. The van der Waals surface area contributed by atoms with Crippen molar-refractivity contribution in [3.8, 4) is 5.75 Å². The van der Waals surface area contributed by atoms with E-state index >= 15 is 0 Å². The summed E-state index contributed by atoms with van der Waals surface area (Å²) in [6.07, 6.45) is 0. The van der Waals surface area contributed by atoms with Crippen LogP contribution < -0.4 is 0 Å². The molecule has 0 aliphatic rings. The van der Waals surface area contributed by atoms with E-state index in [-0.39, 0.29) is 0 Å². The van der Waals surface area contributed by atoms with Gasteiger partial charge in [-0.3, -0.25) is 0 Å². The molecule has 68 valence electrons. The molecular formula is C12H8OS. The van der Waals surface area contributed by atoms with Gasteiger partial charge in [-0.15, -0.1) is 11.3 Å². The summed E-state index contributed by atoms with van der Waals surface area (Å²) < 4.78 is 1.25. The van der Waals surface area contributed by atoms with E-state index in [4.69, 9.17) is 0 Å². The highest BCUT2D eigenvalue weighted by atomic mass is 32.1. The predicted molar refractivity (Wildman–Crippen MR) is 61.0 cm³/mol. The number of benzene rings is 2. The van der Waals surface area contributed by atoms with Gasteiger partial charge in [0.1, 0.15) is 5.75 Å². The zero-order valence-corrected chi connectivity index (χ0v) is 8.21. The topological polar surface area (TPSA) is 20.2 Å². The summed E-state index contributed by atoms with van der Waals surface area (Å²) in [5, 5.41) is 15.1. The first-order valence-electron chi connectivity index (χ1n) is 4.43. The van der Waals surface area contributed by atoms with Gasteiger partial charge in [-0.25, -0.2) is 0 Å². The van der Waals surface area contributed by atoms with Gasteiger partial charge in [-0.05, 0) is 34.4 Å². The highest BCUT2D eigenvalue weighted by Crippen LogP contribution is 2.31. The Kier molecular flexibility index (Phi) is 1.52. The molecule has 0 saturated carbocycles. The van der Waals surface area contributed by atoms with Gasteiger partial charge in [0.2, 0.25) is 0 Å². The van der Waals surface area contributed by atoms with Crippen LogP contribution in [0.3, 0.4) is 0 Å². The molecule has 2 heteroatoms. The molecule has 2 aromatic carbocycles. The van der Waals surface area contributed by atoms with Crippen molar-refractivity contribution in [3.63, 3.8) is 0 Å². The average Bonchev–Trinajstić information content (AvgIpc) is 2.65. The van der Waals surface area contributed by atoms with Crippen molar-refractivity contribution in [2.75, 3.05) is 0 Å². The number of phenols is 1. The fourth-order valence-corrected chi connectivity index (χ4v) is 2.66. The zero-order valence-electron chi connectivity index (χ0n) is 7.40. The Morgan fingerprint density at radius 3 is 2.64 bits per heavy atom. The van der Waals surface area contributed by atoms with Crippen molar-refractivity contribution in [3.05, 3.63) is 41.8 Å². The fraction of sp³-hybridized carbons (Fsp3) is 0. The van der Waals surface area contributed by atoms with Crippen LogP contribution in [-0.2, 0) is 0 Å². The van der Waals surface area contributed by atoms with Crippen LogP contribution in [0, 0.1) is 0 Å². The molecule has 0 amide bonds. The third kappa shape index (κ3) is 1.01. The molecule has 3 rings (SSSR count). The van der Waals surface area contributed by atoms with E-state index in [9.17, 15) is 5.11 Å². The lowest BCUT2D eigenvalue weighted by molar-refractivity contribution is 0.476. The Morgan fingerprint density at radius 1 is 0.929 bits per heavy atom. The Morgan fingerprint density at radius 2 is 1.71 bits per heavy atom. The maximum atomic E-state index is 9.43. The quantitative estimate of drug-likeness (QED) is 0.585. The van der Waals surface area contributed by atoms with Crippen molar-refractivity contribution >= 4 is 32.2 Å². The lowest BCUT2D eigenvalue weighted by Gasteiger charge is -1.99. The Labute approximate surface area is 85.2 Å². The van der Waals surface area contributed by atoms with Gasteiger partial charge < -0.3 is 5.11 Å². The molecular weight excluding hydrogens is 192 g/mol. The molecule has 0 aliphatic carbocycles. The fourth-order valence-electron chi connectivity index (χ4n) is 1.74. The predicted octanol–water partition coefficient (Wildman–Crippen LogP) is 3.76. The molecule has 0 fully saturated rings. The molecule has 0 atom stereocenters. The van der Waals surface area contributed by atoms with Crippen molar-refractivity contribution in [1.82, 2.24) is 0 Å². The molecule has 0 aliphatic heterocycles. The van der Waals surface area contributed by atoms with Crippen LogP contribution >= 0.6 is 11.3 Å². The van der Waals surface area contributed by atoms with E-state index in [0.29, 0.717) is 5.75 Å². The average molecular weight is 200 g/mol. The third-order valence-corrected chi connectivity index (χ3v) is 3.38. The van der Waals surface area contributed by atoms with Crippen LogP contribution in [-0.4, -0.2) is 5.11 Å². The van der Waals surface area contributed by atoms with Crippen molar-refractivity contribution in [1.29, 1.82) is 0 Å². The smallest absolute Gasteiger partial charge is 0.116 e. The number of hydrogen-bond acceptors (Lipinski definition) is 2. The monoisotopic (exact) mass is 200 g/mol. The summed E-state index contributed by atoms with van der Waals surface area (Å²) in [7, 11) is 0. The standard InChI is InChI=1S/C12H8OS/c13-10-4-3-8-1-2-9-5-6-14-12(9)11(8)7-10/h1-7,13H. The molecule has 1 aromatic heterocycles. The van der Waals surface area contributed by atoms with Crippen molar-refractivity contribution in [2.24, 2.45) is 0 Å². The Balaban J connectivity index is 2.60. The molecule has 0 unspecified atom stereocenters. The molecule has 0 saturated heterocycles. The summed E-state index contributed by atoms with van der Waals surface area (Å²) >= 11 is 1.71. The first-order valence-corrected chi connectivity index (χ1v) is 5.31. The van der Waals surface area contributed by atoms with Crippen LogP contribution in [0.15, 0.2) is 41.8 Å². The van der Waals surface area contributed by atoms with E-state index in [2.05, 4.69) is 23.6 Å². The van der Waals surface area contributed by atoms with Crippen molar-refractivity contribution in [2.45, 2.75) is 0 Å². The summed E-state index contributed by atoms with van der Waals surface area (Å²) in [5.74, 6) is 0.332. The molecule has 0 radical (unpaired) electrons. The minimum atomic E-state index is 0.332. The van der Waals surface area contributed by atoms with Crippen LogP contribution in [0.2, 0.25) is 0 Å².